The molecule has 1 aromatic carbocycles. The van der Waals surface area contributed by atoms with Gasteiger partial charge in [-0.15, -0.1) is 11.8 Å². The molecule has 1 unspecified atom stereocenters. The Kier molecular flexibility index (Phi) is 4.96. The number of thioether (sulfide) groups is 1. The van der Waals surface area contributed by atoms with Crippen LogP contribution in [0.2, 0.25) is 5.02 Å². The summed E-state index contributed by atoms with van der Waals surface area (Å²) in [6.45, 7) is 1.82. The Labute approximate surface area is 104 Å². The second-order valence-electron chi connectivity index (χ2n) is 3.43. The highest BCUT2D eigenvalue weighted by atomic mass is 35.5. The van der Waals surface area contributed by atoms with Gasteiger partial charge in [0.2, 0.25) is 0 Å². The van der Waals surface area contributed by atoms with Crippen LogP contribution in [0.15, 0.2) is 23.1 Å². The van der Waals surface area contributed by atoms with Crippen molar-refractivity contribution in [1.82, 2.24) is 0 Å². The molecule has 16 heavy (non-hydrogen) atoms. The van der Waals surface area contributed by atoms with Crippen molar-refractivity contribution in [1.29, 1.82) is 0 Å². The summed E-state index contributed by atoms with van der Waals surface area (Å²) < 4.78 is 4.64. The highest BCUT2D eigenvalue weighted by Gasteiger charge is 2.14. The molecule has 0 aromatic heterocycles. The number of hydrogen-bond donors (Lipinski definition) is 1. The first kappa shape index (κ1) is 13.2. The number of benzene rings is 1. The molecular weight excluding hydrogens is 246 g/mol. The molecule has 1 aromatic rings. The van der Waals surface area contributed by atoms with Crippen LogP contribution in [0.5, 0.6) is 0 Å². The van der Waals surface area contributed by atoms with E-state index in [1.54, 1.807) is 12.1 Å². The molecule has 0 aliphatic heterocycles. The van der Waals surface area contributed by atoms with Crippen molar-refractivity contribution in [2.75, 3.05) is 18.6 Å². The van der Waals surface area contributed by atoms with Crippen LogP contribution in [0.3, 0.4) is 0 Å². The Balaban J connectivity index is 2.58. The monoisotopic (exact) mass is 259 g/mol. The molecule has 1 rings (SSSR count). The fourth-order valence-corrected chi connectivity index (χ4v) is 2.40. The van der Waals surface area contributed by atoms with Crippen molar-refractivity contribution >= 4 is 35.0 Å². The molecule has 0 fully saturated rings. The number of nitrogen functional groups attached to an aromatic ring is 1. The number of carbonyl (C=O) groups excluding carboxylic acids is 1. The Morgan fingerprint density at radius 2 is 2.31 bits per heavy atom. The normalized spacial score (nSPS) is 12.2. The van der Waals surface area contributed by atoms with Gasteiger partial charge in [0, 0.05) is 16.3 Å². The molecule has 0 aliphatic carbocycles. The van der Waals surface area contributed by atoms with Gasteiger partial charge in [-0.05, 0) is 18.2 Å². The number of carbonyl (C=O) groups is 1. The standard InChI is InChI=1S/C11H14ClNO2S/c1-7(11(14)15-2)6-16-10-4-3-8(13)5-9(10)12/h3-5,7H,6,13H2,1-2H3. The molecule has 5 heteroatoms. The molecule has 0 spiro atoms. The fourth-order valence-electron chi connectivity index (χ4n) is 1.12. The van der Waals surface area contributed by atoms with Gasteiger partial charge in [0.15, 0.2) is 0 Å². The van der Waals surface area contributed by atoms with Crippen LogP contribution in [0, 0.1) is 5.92 Å². The van der Waals surface area contributed by atoms with Gasteiger partial charge >= 0.3 is 5.97 Å². The molecule has 0 saturated carbocycles. The van der Waals surface area contributed by atoms with Crippen LogP contribution >= 0.6 is 23.4 Å². The fraction of sp³-hybridized carbons (Fsp3) is 0.364. The highest BCUT2D eigenvalue weighted by molar-refractivity contribution is 7.99. The number of nitrogens with two attached hydrogens (primary N) is 1. The van der Waals surface area contributed by atoms with Crippen molar-refractivity contribution in [2.45, 2.75) is 11.8 Å². The molecular formula is C11H14ClNO2S. The minimum Gasteiger partial charge on any atom is -0.469 e. The predicted octanol–water partition coefficient (Wildman–Crippen LogP) is 2.82. The maximum atomic E-state index is 11.2. The van der Waals surface area contributed by atoms with E-state index < -0.39 is 0 Å². The lowest BCUT2D eigenvalue weighted by atomic mass is 10.2. The molecule has 0 saturated heterocycles. The van der Waals surface area contributed by atoms with E-state index in [1.165, 1.54) is 18.9 Å². The quantitative estimate of drug-likeness (QED) is 0.513. The lowest BCUT2D eigenvalue weighted by Gasteiger charge is -2.09. The average Bonchev–Trinajstić information content (AvgIpc) is 2.26. The number of methoxy groups -OCH3 is 1. The van der Waals surface area contributed by atoms with Gasteiger partial charge in [-0.3, -0.25) is 4.79 Å². The van der Waals surface area contributed by atoms with E-state index in [0.29, 0.717) is 16.5 Å². The van der Waals surface area contributed by atoms with Crippen LogP contribution in [0.4, 0.5) is 5.69 Å². The molecule has 3 nitrogen and oxygen atoms in total. The van der Waals surface area contributed by atoms with E-state index in [9.17, 15) is 4.79 Å². The Hall–Kier alpha value is -0.870. The topological polar surface area (TPSA) is 52.3 Å². The molecule has 0 heterocycles. The first-order valence-corrected chi connectivity index (χ1v) is 6.16. The van der Waals surface area contributed by atoms with Gasteiger partial charge in [-0.1, -0.05) is 18.5 Å². The molecule has 0 amide bonds. The molecule has 0 bridgehead atoms. The highest BCUT2D eigenvalue weighted by Crippen LogP contribution is 2.30. The average molecular weight is 260 g/mol. The van der Waals surface area contributed by atoms with Crippen LogP contribution in [-0.4, -0.2) is 18.8 Å². The van der Waals surface area contributed by atoms with Gasteiger partial charge in [0.25, 0.3) is 0 Å². The number of halogens is 1. The summed E-state index contributed by atoms with van der Waals surface area (Å²) in [6.07, 6.45) is 0. The van der Waals surface area contributed by atoms with E-state index in [0.717, 1.165) is 4.90 Å². The third-order valence-electron chi connectivity index (χ3n) is 2.05. The maximum absolute atomic E-state index is 11.2. The Morgan fingerprint density at radius 1 is 1.62 bits per heavy atom. The van der Waals surface area contributed by atoms with E-state index in [4.69, 9.17) is 17.3 Å². The van der Waals surface area contributed by atoms with Crippen LogP contribution in [-0.2, 0) is 9.53 Å². The summed E-state index contributed by atoms with van der Waals surface area (Å²) in [6, 6.07) is 5.34. The molecule has 88 valence electrons. The predicted molar refractivity (Wildman–Crippen MR) is 67.8 cm³/mol. The third kappa shape index (κ3) is 3.61. The van der Waals surface area contributed by atoms with Crippen molar-refractivity contribution in [3.05, 3.63) is 23.2 Å². The van der Waals surface area contributed by atoms with Gasteiger partial charge in [-0.25, -0.2) is 0 Å². The van der Waals surface area contributed by atoms with Gasteiger partial charge < -0.3 is 10.5 Å². The van der Waals surface area contributed by atoms with Crippen molar-refractivity contribution in [3.63, 3.8) is 0 Å². The minimum absolute atomic E-state index is 0.149. The van der Waals surface area contributed by atoms with Gasteiger partial charge in [0.1, 0.15) is 0 Å². The first-order valence-electron chi connectivity index (χ1n) is 4.80. The zero-order valence-corrected chi connectivity index (χ0v) is 10.8. The van der Waals surface area contributed by atoms with Crippen LogP contribution < -0.4 is 5.73 Å². The summed E-state index contributed by atoms with van der Waals surface area (Å²) in [4.78, 5) is 12.1. The number of ether oxygens (including phenoxy) is 1. The molecule has 1 atom stereocenters. The molecule has 2 N–H and O–H groups in total. The Morgan fingerprint density at radius 3 is 2.88 bits per heavy atom. The lowest BCUT2D eigenvalue weighted by Crippen LogP contribution is -2.14. The van der Waals surface area contributed by atoms with Crippen molar-refractivity contribution < 1.29 is 9.53 Å². The van der Waals surface area contributed by atoms with Crippen LogP contribution in [0.25, 0.3) is 0 Å². The summed E-state index contributed by atoms with van der Waals surface area (Å²) in [5.41, 5.74) is 6.22. The zero-order valence-electron chi connectivity index (χ0n) is 9.20. The van der Waals surface area contributed by atoms with E-state index in [2.05, 4.69) is 4.74 Å². The van der Waals surface area contributed by atoms with Gasteiger partial charge in [-0.2, -0.15) is 0 Å². The minimum atomic E-state index is -0.209. The maximum Gasteiger partial charge on any atom is 0.309 e. The number of hydrogen-bond acceptors (Lipinski definition) is 4. The van der Waals surface area contributed by atoms with Crippen molar-refractivity contribution in [2.24, 2.45) is 5.92 Å². The summed E-state index contributed by atoms with van der Waals surface area (Å²) in [5, 5.41) is 0.613. The second-order valence-corrected chi connectivity index (χ2v) is 4.89. The SMILES string of the molecule is COC(=O)C(C)CSc1ccc(N)cc1Cl. The van der Waals surface area contributed by atoms with E-state index in [1.807, 2.05) is 13.0 Å². The lowest BCUT2D eigenvalue weighted by molar-refractivity contribution is -0.143. The largest absolute Gasteiger partial charge is 0.469 e. The van der Waals surface area contributed by atoms with E-state index in [-0.39, 0.29) is 11.9 Å². The third-order valence-corrected chi connectivity index (χ3v) is 3.81. The summed E-state index contributed by atoms with van der Waals surface area (Å²) in [7, 11) is 1.39. The Bertz CT molecular complexity index is 384. The van der Waals surface area contributed by atoms with Gasteiger partial charge in [0.05, 0.1) is 18.1 Å². The number of esters is 1. The summed E-state index contributed by atoms with van der Waals surface area (Å²) >= 11 is 7.53. The van der Waals surface area contributed by atoms with Crippen molar-refractivity contribution in [3.8, 4) is 0 Å². The number of rotatable bonds is 4. The number of anilines is 1. The van der Waals surface area contributed by atoms with Crippen LogP contribution in [0.1, 0.15) is 6.92 Å². The first-order chi connectivity index (χ1) is 7.54. The summed E-state index contributed by atoms with van der Waals surface area (Å²) in [5.74, 6) is 0.277. The second kappa shape index (κ2) is 6.01. The molecule has 0 aliphatic rings. The zero-order chi connectivity index (χ0) is 12.1. The van der Waals surface area contributed by atoms with E-state index >= 15 is 0 Å². The smallest absolute Gasteiger partial charge is 0.309 e. The molecule has 0 radical (unpaired) electrons.